The summed E-state index contributed by atoms with van der Waals surface area (Å²) < 4.78 is 0. The lowest BCUT2D eigenvalue weighted by Gasteiger charge is -2.04. The van der Waals surface area contributed by atoms with Crippen molar-refractivity contribution in [2.45, 2.75) is 25.7 Å². The quantitative estimate of drug-likeness (QED) is 0.733. The molecule has 1 rings (SSSR count). The Labute approximate surface area is 111 Å². The number of aliphatic carboxylic acids is 1. The molecule has 100 valence electrons. The first kappa shape index (κ1) is 14.7. The second-order valence-corrected chi connectivity index (χ2v) is 4.15. The maximum atomic E-state index is 11.7. The highest BCUT2D eigenvalue weighted by Gasteiger charge is 2.04. The molecule has 19 heavy (non-hydrogen) atoms. The number of nitrogens with one attached hydrogen (secondary N) is 1. The van der Waals surface area contributed by atoms with E-state index in [-0.39, 0.29) is 12.3 Å². The number of rotatable bonds is 7. The van der Waals surface area contributed by atoms with Gasteiger partial charge in [0, 0.05) is 18.5 Å². The van der Waals surface area contributed by atoms with E-state index in [4.69, 9.17) is 10.4 Å². The molecule has 0 spiro atoms. The van der Waals surface area contributed by atoms with Gasteiger partial charge in [-0.25, -0.2) is 0 Å². The molecule has 1 aromatic carbocycles. The summed E-state index contributed by atoms with van der Waals surface area (Å²) in [5.74, 6) is -0.968. The molecule has 5 nitrogen and oxygen atoms in total. The molecule has 0 aliphatic rings. The predicted octanol–water partition coefficient (Wildman–Crippen LogP) is 1.93. The van der Waals surface area contributed by atoms with Crippen LogP contribution in [0.5, 0.6) is 0 Å². The van der Waals surface area contributed by atoms with E-state index >= 15 is 0 Å². The second kappa shape index (κ2) is 7.88. The average Bonchev–Trinajstić information content (AvgIpc) is 2.42. The molecular weight excluding hydrogens is 244 g/mol. The third-order valence-electron chi connectivity index (χ3n) is 2.63. The Bertz CT molecular complexity index is 474. The van der Waals surface area contributed by atoms with Gasteiger partial charge in [-0.1, -0.05) is 6.42 Å². The smallest absolute Gasteiger partial charge is 0.303 e. The molecule has 0 aliphatic carbocycles. The zero-order chi connectivity index (χ0) is 14.1. The zero-order valence-corrected chi connectivity index (χ0v) is 10.6. The van der Waals surface area contributed by atoms with Crippen molar-refractivity contribution in [3.63, 3.8) is 0 Å². The van der Waals surface area contributed by atoms with Crippen LogP contribution in [0.4, 0.5) is 0 Å². The van der Waals surface area contributed by atoms with Gasteiger partial charge in [0.05, 0.1) is 11.6 Å². The van der Waals surface area contributed by atoms with Crippen molar-refractivity contribution in [3.8, 4) is 6.07 Å². The predicted molar refractivity (Wildman–Crippen MR) is 69.6 cm³/mol. The van der Waals surface area contributed by atoms with Crippen LogP contribution in [-0.4, -0.2) is 23.5 Å². The second-order valence-electron chi connectivity index (χ2n) is 4.15. The van der Waals surface area contributed by atoms with Crippen LogP contribution in [-0.2, 0) is 4.79 Å². The summed E-state index contributed by atoms with van der Waals surface area (Å²) in [5, 5.41) is 19.8. The Kier molecular flexibility index (Phi) is 6.10. The van der Waals surface area contributed by atoms with Crippen LogP contribution in [0.25, 0.3) is 0 Å². The number of hydrogen-bond donors (Lipinski definition) is 2. The largest absolute Gasteiger partial charge is 0.481 e. The Morgan fingerprint density at radius 3 is 2.42 bits per heavy atom. The molecule has 0 fully saturated rings. The van der Waals surface area contributed by atoms with Crippen molar-refractivity contribution in [1.29, 1.82) is 5.26 Å². The van der Waals surface area contributed by atoms with Crippen LogP contribution in [0, 0.1) is 11.3 Å². The number of carboxylic acid groups (broad SMARTS) is 1. The van der Waals surface area contributed by atoms with Gasteiger partial charge >= 0.3 is 5.97 Å². The minimum Gasteiger partial charge on any atom is -0.481 e. The maximum absolute atomic E-state index is 11.7. The first-order valence-electron chi connectivity index (χ1n) is 6.13. The lowest BCUT2D eigenvalue weighted by atomic mass is 10.1. The minimum absolute atomic E-state index is 0.170. The van der Waals surface area contributed by atoms with E-state index in [0.717, 1.165) is 12.8 Å². The number of hydrogen-bond acceptors (Lipinski definition) is 3. The maximum Gasteiger partial charge on any atom is 0.303 e. The number of nitrogens with zero attached hydrogens (tertiary/aromatic N) is 1. The highest BCUT2D eigenvalue weighted by molar-refractivity contribution is 5.94. The van der Waals surface area contributed by atoms with Gasteiger partial charge in [0.15, 0.2) is 0 Å². The standard InChI is InChI=1S/C14H16N2O3/c15-10-11-5-7-12(8-6-11)14(19)16-9-3-1-2-4-13(17)18/h5-8H,1-4,9H2,(H,16,19)(H,17,18). The fourth-order valence-corrected chi connectivity index (χ4v) is 1.58. The first-order chi connectivity index (χ1) is 9.13. The average molecular weight is 260 g/mol. The van der Waals surface area contributed by atoms with Crippen LogP contribution in [0.15, 0.2) is 24.3 Å². The summed E-state index contributed by atoms with van der Waals surface area (Å²) >= 11 is 0. The van der Waals surface area contributed by atoms with Crippen LogP contribution in [0.1, 0.15) is 41.6 Å². The summed E-state index contributed by atoms with van der Waals surface area (Å²) in [5.41, 5.74) is 1.04. The van der Waals surface area contributed by atoms with E-state index in [0.29, 0.717) is 24.1 Å². The Morgan fingerprint density at radius 2 is 1.84 bits per heavy atom. The highest BCUT2D eigenvalue weighted by atomic mass is 16.4. The van der Waals surface area contributed by atoms with Gasteiger partial charge in [0.25, 0.3) is 5.91 Å². The topological polar surface area (TPSA) is 90.2 Å². The number of carbonyl (C=O) groups is 2. The summed E-state index contributed by atoms with van der Waals surface area (Å²) in [6.07, 6.45) is 2.33. The molecule has 0 bridgehead atoms. The number of carboxylic acids is 1. The van der Waals surface area contributed by atoms with Gasteiger partial charge < -0.3 is 10.4 Å². The number of amides is 1. The summed E-state index contributed by atoms with van der Waals surface area (Å²) in [6.45, 7) is 0.526. The molecule has 0 atom stereocenters. The van der Waals surface area contributed by atoms with Crippen molar-refractivity contribution in [1.82, 2.24) is 5.32 Å². The van der Waals surface area contributed by atoms with Crippen molar-refractivity contribution >= 4 is 11.9 Å². The SMILES string of the molecule is N#Cc1ccc(C(=O)NCCCCCC(=O)O)cc1. The fraction of sp³-hybridized carbons (Fsp3) is 0.357. The van der Waals surface area contributed by atoms with Gasteiger partial charge in [-0.2, -0.15) is 5.26 Å². The van der Waals surface area contributed by atoms with Crippen molar-refractivity contribution in [2.75, 3.05) is 6.54 Å². The number of benzene rings is 1. The summed E-state index contributed by atoms with van der Waals surface area (Å²) in [6, 6.07) is 8.41. The molecule has 0 saturated heterocycles. The molecular formula is C14H16N2O3. The molecule has 0 radical (unpaired) electrons. The number of nitriles is 1. The van der Waals surface area contributed by atoms with Gasteiger partial charge in [-0.05, 0) is 37.1 Å². The van der Waals surface area contributed by atoms with Crippen LogP contribution in [0.2, 0.25) is 0 Å². The van der Waals surface area contributed by atoms with Crippen LogP contribution < -0.4 is 5.32 Å². The highest BCUT2D eigenvalue weighted by Crippen LogP contribution is 2.03. The van der Waals surface area contributed by atoms with Gasteiger partial charge in [0.2, 0.25) is 0 Å². The van der Waals surface area contributed by atoms with E-state index in [1.807, 2.05) is 6.07 Å². The first-order valence-corrected chi connectivity index (χ1v) is 6.13. The fourth-order valence-electron chi connectivity index (χ4n) is 1.58. The molecule has 0 saturated carbocycles. The molecule has 0 unspecified atom stereocenters. The van der Waals surface area contributed by atoms with Crippen LogP contribution >= 0.6 is 0 Å². The molecule has 1 aromatic rings. The molecule has 2 N–H and O–H groups in total. The van der Waals surface area contributed by atoms with Gasteiger partial charge in [-0.15, -0.1) is 0 Å². The van der Waals surface area contributed by atoms with E-state index in [1.165, 1.54) is 0 Å². The van der Waals surface area contributed by atoms with Crippen LogP contribution in [0.3, 0.4) is 0 Å². The molecule has 5 heteroatoms. The lowest BCUT2D eigenvalue weighted by molar-refractivity contribution is -0.137. The van der Waals surface area contributed by atoms with Gasteiger partial charge in [-0.3, -0.25) is 9.59 Å². The van der Waals surface area contributed by atoms with E-state index < -0.39 is 5.97 Å². The zero-order valence-electron chi connectivity index (χ0n) is 10.6. The molecule has 0 heterocycles. The summed E-state index contributed by atoms with van der Waals surface area (Å²) in [7, 11) is 0. The van der Waals surface area contributed by atoms with Gasteiger partial charge in [0.1, 0.15) is 0 Å². The monoisotopic (exact) mass is 260 g/mol. The van der Waals surface area contributed by atoms with Crippen molar-refractivity contribution in [2.24, 2.45) is 0 Å². The van der Waals surface area contributed by atoms with Crippen molar-refractivity contribution < 1.29 is 14.7 Å². The molecule has 1 amide bonds. The Hall–Kier alpha value is -2.35. The van der Waals surface area contributed by atoms with E-state index in [1.54, 1.807) is 24.3 Å². The third kappa shape index (κ3) is 5.68. The Morgan fingerprint density at radius 1 is 1.16 bits per heavy atom. The number of carbonyl (C=O) groups excluding carboxylic acids is 1. The summed E-state index contributed by atoms with van der Waals surface area (Å²) in [4.78, 5) is 22.0. The van der Waals surface area contributed by atoms with E-state index in [9.17, 15) is 9.59 Å². The lowest BCUT2D eigenvalue weighted by Crippen LogP contribution is -2.24. The third-order valence-corrected chi connectivity index (χ3v) is 2.63. The normalized spacial score (nSPS) is 9.63. The van der Waals surface area contributed by atoms with Crippen molar-refractivity contribution in [3.05, 3.63) is 35.4 Å². The number of unbranched alkanes of at least 4 members (excludes halogenated alkanes) is 2. The molecule has 0 aromatic heterocycles. The van der Waals surface area contributed by atoms with E-state index in [2.05, 4.69) is 5.32 Å². The molecule has 0 aliphatic heterocycles. The Balaban J connectivity index is 2.24. The minimum atomic E-state index is -0.790.